The molecule has 0 aliphatic heterocycles. The summed E-state index contributed by atoms with van der Waals surface area (Å²) in [6.07, 6.45) is 29.1. The minimum absolute atomic E-state index is 1.00. The van der Waals surface area contributed by atoms with E-state index >= 15 is 0 Å². The predicted octanol–water partition coefficient (Wildman–Crippen LogP) is 10.0. The van der Waals surface area contributed by atoms with Crippen molar-refractivity contribution in [2.75, 3.05) is 0 Å². The Hall–Kier alpha value is -4.16. The van der Waals surface area contributed by atoms with Gasteiger partial charge in [-0.25, -0.2) is 0 Å². The molecule has 2 aromatic carbocycles. The number of allylic oxidation sites excluding steroid dienone is 7. The smallest absolute Gasteiger partial charge is 0.00139 e. The molecule has 164 valence electrons. The van der Waals surface area contributed by atoms with Gasteiger partial charge in [-0.05, 0) is 62.2 Å². The lowest BCUT2D eigenvalue weighted by Crippen LogP contribution is -2.02. The van der Waals surface area contributed by atoms with Crippen LogP contribution in [0.3, 0.4) is 0 Å². The predicted molar refractivity (Wildman–Crippen MR) is 157 cm³/mol. The lowest BCUT2D eigenvalue weighted by Gasteiger charge is -2.23. The van der Waals surface area contributed by atoms with Crippen LogP contribution in [0.1, 0.15) is 51.4 Å². The molecule has 0 bridgehead atoms. The van der Waals surface area contributed by atoms with Crippen LogP contribution in [0, 0.1) is 0 Å². The van der Waals surface area contributed by atoms with Crippen molar-refractivity contribution in [1.82, 2.24) is 0 Å². The first-order chi connectivity index (χ1) is 16.1. The Kier molecular flexibility index (Phi) is 9.15. The van der Waals surface area contributed by atoms with Crippen LogP contribution < -0.4 is 0 Å². The fraction of sp³-hybridized carbons (Fsp3) is 0.0303. The molecule has 2 aromatic rings. The van der Waals surface area contributed by atoms with Gasteiger partial charge in [-0.3, -0.25) is 0 Å². The minimum Gasteiger partial charge on any atom is -0.0991 e. The molecule has 0 atom stereocenters. The largest absolute Gasteiger partial charge is 0.0991 e. The molecule has 0 saturated carbocycles. The molecule has 0 unspecified atom stereocenters. The zero-order valence-corrected chi connectivity index (χ0v) is 19.6. The maximum Gasteiger partial charge on any atom is -0.00139 e. The first-order valence-corrected chi connectivity index (χ1v) is 10.8. The monoisotopic (exact) mass is 428 g/mol. The van der Waals surface area contributed by atoms with Crippen molar-refractivity contribution >= 4 is 59.4 Å². The van der Waals surface area contributed by atoms with Gasteiger partial charge in [0.1, 0.15) is 0 Å². The second-order valence-electron chi connectivity index (χ2n) is 7.16. The van der Waals surface area contributed by atoms with E-state index in [1.807, 2.05) is 55.5 Å². The molecule has 0 aromatic heterocycles. The van der Waals surface area contributed by atoms with Gasteiger partial charge in [-0.1, -0.05) is 137 Å². The van der Waals surface area contributed by atoms with E-state index in [1.165, 1.54) is 0 Å². The van der Waals surface area contributed by atoms with Gasteiger partial charge >= 0.3 is 0 Å². The van der Waals surface area contributed by atoms with Crippen LogP contribution in [0.15, 0.2) is 88.6 Å². The maximum absolute atomic E-state index is 4.13. The van der Waals surface area contributed by atoms with Gasteiger partial charge in [-0.2, -0.15) is 0 Å². The quantitative estimate of drug-likeness (QED) is 0.312. The molecule has 0 radical (unpaired) electrons. The van der Waals surface area contributed by atoms with Gasteiger partial charge in [0.15, 0.2) is 0 Å². The molecular formula is C33H32. The van der Waals surface area contributed by atoms with Gasteiger partial charge in [-0.15, -0.1) is 0 Å². The molecule has 33 heavy (non-hydrogen) atoms. The number of fused-ring (bicyclic) bond motifs is 1. The van der Waals surface area contributed by atoms with E-state index in [1.54, 1.807) is 18.2 Å². The van der Waals surface area contributed by atoms with Crippen LogP contribution in [-0.2, 0) is 0 Å². The summed E-state index contributed by atoms with van der Waals surface area (Å²) >= 11 is 0. The molecular weight excluding hydrogens is 396 g/mol. The van der Waals surface area contributed by atoms with Crippen LogP contribution in [0.5, 0.6) is 0 Å². The molecule has 0 N–H and O–H groups in total. The normalized spacial score (nSPS) is 11.5. The fourth-order valence-corrected chi connectivity index (χ4v) is 4.18. The third-order valence-corrected chi connectivity index (χ3v) is 5.42. The highest BCUT2D eigenvalue weighted by Gasteiger charge is 2.22. The molecule has 0 spiro atoms. The molecule has 0 aliphatic rings. The van der Waals surface area contributed by atoms with Crippen LogP contribution in [0.4, 0.5) is 0 Å². The van der Waals surface area contributed by atoms with E-state index in [4.69, 9.17) is 0 Å². The summed E-state index contributed by atoms with van der Waals surface area (Å²) in [7, 11) is 0. The summed E-state index contributed by atoms with van der Waals surface area (Å²) in [6, 6.07) is 0. The Morgan fingerprint density at radius 2 is 0.667 bits per heavy atom. The number of hydrogen-bond acceptors (Lipinski definition) is 0. The topological polar surface area (TPSA) is 0 Å². The van der Waals surface area contributed by atoms with Gasteiger partial charge in [0, 0.05) is 0 Å². The van der Waals surface area contributed by atoms with Gasteiger partial charge in [0.2, 0.25) is 0 Å². The van der Waals surface area contributed by atoms with Gasteiger partial charge < -0.3 is 0 Å². The highest BCUT2D eigenvalue weighted by Crippen LogP contribution is 2.43. The van der Waals surface area contributed by atoms with E-state index in [9.17, 15) is 0 Å². The number of hydrogen-bond donors (Lipinski definition) is 0. The fourth-order valence-electron chi connectivity index (χ4n) is 4.18. The molecule has 0 saturated heterocycles. The number of benzene rings is 2. The second kappa shape index (κ2) is 12.0. The molecule has 2 rings (SSSR count). The van der Waals surface area contributed by atoms with Crippen molar-refractivity contribution in [3.05, 3.63) is 133 Å². The zero-order valence-electron chi connectivity index (χ0n) is 19.6. The Balaban J connectivity index is 3.59. The Morgan fingerprint density at radius 1 is 0.394 bits per heavy atom. The van der Waals surface area contributed by atoms with Crippen molar-refractivity contribution in [3.8, 4) is 0 Å². The summed E-state index contributed by atoms with van der Waals surface area (Å²) in [5.74, 6) is 0. The summed E-state index contributed by atoms with van der Waals surface area (Å²) in [6.45, 7) is 30.1. The lowest BCUT2D eigenvalue weighted by molar-refractivity contribution is 1.54. The second-order valence-corrected chi connectivity index (χ2v) is 7.16. The Labute approximate surface area is 199 Å². The Bertz CT molecular complexity index is 1240. The third-order valence-electron chi connectivity index (χ3n) is 5.42. The maximum atomic E-state index is 4.13. The number of rotatable bonds is 11. The third kappa shape index (κ3) is 4.71. The highest BCUT2D eigenvalue weighted by molar-refractivity contribution is 6.13. The average Bonchev–Trinajstić information content (AvgIpc) is 2.84. The van der Waals surface area contributed by atoms with Gasteiger partial charge in [0.05, 0.1) is 0 Å². The van der Waals surface area contributed by atoms with Crippen LogP contribution in [0.25, 0.3) is 59.4 Å². The Morgan fingerprint density at radius 3 is 0.879 bits per heavy atom. The van der Waals surface area contributed by atoms with Crippen molar-refractivity contribution in [2.45, 2.75) is 6.92 Å². The van der Waals surface area contributed by atoms with E-state index < -0.39 is 0 Å². The summed E-state index contributed by atoms with van der Waals surface area (Å²) in [4.78, 5) is 0. The lowest BCUT2D eigenvalue weighted by atomic mass is 9.80. The first kappa shape index (κ1) is 25.1. The van der Waals surface area contributed by atoms with Crippen LogP contribution in [-0.4, -0.2) is 0 Å². The molecule has 0 heterocycles. The summed E-state index contributed by atoms with van der Waals surface area (Å²) in [5.41, 5.74) is 8.24. The van der Waals surface area contributed by atoms with Crippen molar-refractivity contribution in [2.24, 2.45) is 0 Å². The SMILES string of the molecule is C=C/C=C\c1c(C=C)c(C=C)c(/C=C\C=C)c2c(/C=C\C=C)c(C=C)c(C=C)c(/C=C\C)c12. The van der Waals surface area contributed by atoms with Crippen molar-refractivity contribution in [3.63, 3.8) is 0 Å². The molecule has 0 heteroatoms. The molecule has 0 fully saturated rings. The molecule has 0 aliphatic carbocycles. The molecule has 0 nitrogen and oxygen atoms in total. The first-order valence-electron chi connectivity index (χ1n) is 10.8. The van der Waals surface area contributed by atoms with Crippen molar-refractivity contribution in [1.29, 1.82) is 0 Å². The van der Waals surface area contributed by atoms with E-state index in [2.05, 4.69) is 70.4 Å². The van der Waals surface area contributed by atoms with E-state index in [0.717, 1.165) is 55.3 Å². The van der Waals surface area contributed by atoms with Crippen LogP contribution >= 0.6 is 0 Å². The summed E-state index contributed by atoms with van der Waals surface area (Å²) in [5, 5.41) is 2.18. The van der Waals surface area contributed by atoms with Crippen molar-refractivity contribution < 1.29 is 0 Å². The summed E-state index contributed by atoms with van der Waals surface area (Å²) < 4.78 is 0. The standard InChI is InChI=1S/C33H32/c1-9-17-21-29-26(15-7)27(16-8)31(23-19-11-3)33-30(22-18-10-2)25(14-6)24(13-5)28(20-12-4)32(29)33/h9-23H,1-3,5-8H2,4H3/b20-12-,21-17-,22-18-,23-19-. The minimum atomic E-state index is 1.00. The highest BCUT2D eigenvalue weighted by atomic mass is 14.2. The average molecular weight is 429 g/mol. The van der Waals surface area contributed by atoms with Crippen LogP contribution in [0.2, 0.25) is 0 Å². The molecule has 0 amide bonds. The zero-order chi connectivity index (χ0) is 24.4. The van der Waals surface area contributed by atoms with E-state index in [0.29, 0.717) is 0 Å². The van der Waals surface area contributed by atoms with Gasteiger partial charge in [0.25, 0.3) is 0 Å². The van der Waals surface area contributed by atoms with E-state index in [-0.39, 0.29) is 0 Å².